The Morgan fingerprint density at radius 2 is 1.92 bits per heavy atom. The zero-order valence-corrected chi connectivity index (χ0v) is 15.5. The van der Waals surface area contributed by atoms with Gasteiger partial charge in [0.05, 0.1) is 13.7 Å². The number of fused-ring (bicyclic) bond motifs is 1. The number of hydrogen-bond acceptors (Lipinski definition) is 3. The monoisotopic (exact) mass is 350 g/mol. The van der Waals surface area contributed by atoms with Crippen molar-refractivity contribution in [3.05, 3.63) is 59.8 Å². The van der Waals surface area contributed by atoms with Crippen molar-refractivity contribution in [2.24, 2.45) is 0 Å². The van der Waals surface area contributed by atoms with E-state index in [4.69, 9.17) is 9.47 Å². The smallest absolute Gasteiger partial charge is 0.119 e. The minimum absolute atomic E-state index is 0.568. The predicted molar refractivity (Wildman–Crippen MR) is 105 cm³/mol. The molecule has 1 aliphatic rings. The van der Waals surface area contributed by atoms with Gasteiger partial charge in [-0.2, -0.15) is 0 Å². The first-order chi connectivity index (χ1) is 12.8. The van der Waals surface area contributed by atoms with Gasteiger partial charge in [0.25, 0.3) is 0 Å². The van der Waals surface area contributed by atoms with Crippen molar-refractivity contribution in [2.45, 2.75) is 25.8 Å². The van der Waals surface area contributed by atoms with Gasteiger partial charge in [-0.25, -0.2) is 0 Å². The maximum Gasteiger partial charge on any atom is 0.119 e. The fourth-order valence-electron chi connectivity index (χ4n) is 3.93. The number of rotatable bonds is 6. The second kappa shape index (κ2) is 7.42. The van der Waals surface area contributed by atoms with Crippen LogP contribution in [-0.2, 0) is 6.54 Å². The molecular formula is C22H26N2O2. The SMILES string of the molecule is CCOc1ccc(CN2CC[C@@H](c3c[nH]c4ccc(OC)cc34)C2)cc1. The van der Waals surface area contributed by atoms with E-state index in [2.05, 4.69) is 52.5 Å². The van der Waals surface area contributed by atoms with Crippen molar-refractivity contribution in [3.8, 4) is 11.5 Å². The number of ether oxygens (including phenoxy) is 2. The molecule has 1 fully saturated rings. The maximum absolute atomic E-state index is 5.53. The van der Waals surface area contributed by atoms with Gasteiger partial charge in [0.15, 0.2) is 0 Å². The number of nitrogens with zero attached hydrogens (tertiary/aromatic N) is 1. The highest BCUT2D eigenvalue weighted by Gasteiger charge is 2.26. The van der Waals surface area contributed by atoms with E-state index < -0.39 is 0 Å². The molecule has 4 rings (SSSR count). The molecule has 2 aromatic carbocycles. The topological polar surface area (TPSA) is 37.5 Å². The van der Waals surface area contributed by atoms with Crippen molar-refractivity contribution >= 4 is 10.9 Å². The fourth-order valence-corrected chi connectivity index (χ4v) is 3.93. The second-order valence-electron chi connectivity index (χ2n) is 6.95. The fraction of sp³-hybridized carbons (Fsp3) is 0.364. The van der Waals surface area contributed by atoms with Crippen LogP contribution in [0.5, 0.6) is 11.5 Å². The molecule has 0 bridgehead atoms. The first-order valence-electron chi connectivity index (χ1n) is 9.36. The highest BCUT2D eigenvalue weighted by molar-refractivity contribution is 5.85. The third-order valence-electron chi connectivity index (χ3n) is 5.27. The normalized spacial score (nSPS) is 17.7. The molecule has 0 saturated carbocycles. The summed E-state index contributed by atoms with van der Waals surface area (Å²) in [6.07, 6.45) is 3.37. The Morgan fingerprint density at radius 3 is 2.69 bits per heavy atom. The molecule has 0 aliphatic carbocycles. The minimum atomic E-state index is 0.568. The molecule has 26 heavy (non-hydrogen) atoms. The predicted octanol–water partition coefficient (Wildman–Crippen LogP) is 4.56. The molecule has 4 nitrogen and oxygen atoms in total. The molecule has 0 unspecified atom stereocenters. The van der Waals surface area contributed by atoms with Gasteiger partial charge in [-0.15, -0.1) is 0 Å². The number of aromatic nitrogens is 1. The molecule has 0 radical (unpaired) electrons. The molecule has 2 heterocycles. The van der Waals surface area contributed by atoms with Crippen LogP contribution < -0.4 is 9.47 Å². The second-order valence-corrected chi connectivity index (χ2v) is 6.95. The van der Waals surface area contributed by atoms with E-state index in [9.17, 15) is 0 Å². The number of aromatic amines is 1. The summed E-state index contributed by atoms with van der Waals surface area (Å²) < 4.78 is 10.9. The molecule has 0 spiro atoms. The molecule has 1 aliphatic heterocycles. The summed E-state index contributed by atoms with van der Waals surface area (Å²) in [4.78, 5) is 5.95. The van der Waals surface area contributed by atoms with Crippen LogP contribution in [0.1, 0.15) is 30.4 Å². The molecule has 1 atom stereocenters. The van der Waals surface area contributed by atoms with Crippen LogP contribution in [0.3, 0.4) is 0 Å². The zero-order chi connectivity index (χ0) is 17.9. The van der Waals surface area contributed by atoms with Gasteiger partial charge in [0.2, 0.25) is 0 Å². The van der Waals surface area contributed by atoms with Crippen LogP contribution in [0.15, 0.2) is 48.7 Å². The molecular weight excluding hydrogens is 324 g/mol. The van der Waals surface area contributed by atoms with Crippen molar-refractivity contribution in [1.82, 2.24) is 9.88 Å². The largest absolute Gasteiger partial charge is 0.497 e. The van der Waals surface area contributed by atoms with Crippen molar-refractivity contribution in [3.63, 3.8) is 0 Å². The third-order valence-corrected chi connectivity index (χ3v) is 5.27. The van der Waals surface area contributed by atoms with E-state index in [1.165, 1.54) is 28.5 Å². The number of methoxy groups -OCH3 is 1. The Hall–Kier alpha value is -2.46. The summed E-state index contributed by atoms with van der Waals surface area (Å²) in [5.74, 6) is 2.43. The van der Waals surface area contributed by atoms with Gasteiger partial charge in [-0.05, 0) is 67.3 Å². The molecule has 1 N–H and O–H groups in total. The van der Waals surface area contributed by atoms with Crippen LogP contribution in [-0.4, -0.2) is 36.7 Å². The lowest BCUT2D eigenvalue weighted by Gasteiger charge is -2.16. The summed E-state index contributed by atoms with van der Waals surface area (Å²) in [6, 6.07) is 14.7. The summed E-state index contributed by atoms with van der Waals surface area (Å²) >= 11 is 0. The van der Waals surface area contributed by atoms with Gasteiger partial charge in [0, 0.05) is 30.2 Å². The Labute approximate surface area is 154 Å². The summed E-state index contributed by atoms with van der Waals surface area (Å²) in [5, 5.41) is 1.29. The first kappa shape index (κ1) is 17.0. The van der Waals surface area contributed by atoms with Crippen LogP contribution in [0.2, 0.25) is 0 Å². The zero-order valence-electron chi connectivity index (χ0n) is 15.5. The number of nitrogens with one attached hydrogen (secondary N) is 1. The Bertz CT molecular complexity index is 869. The molecule has 4 heteroatoms. The molecule has 1 aromatic heterocycles. The molecule has 1 saturated heterocycles. The van der Waals surface area contributed by atoms with Crippen LogP contribution in [0.25, 0.3) is 10.9 Å². The number of likely N-dealkylation sites (tertiary alicyclic amines) is 1. The summed E-state index contributed by atoms with van der Waals surface area (Å²) in [6.45, 7) is 5.95. The Morgan fingerprint density at radius 1 is 1.12 bits per heavy atom. The lowest BCUT2D eigenvalue weighted by atomic mass is 9.98. The number of benzene rings is 2. The van der Waals surface area contributed by atoms with Gasteiger partial charge in [0.1, 0.15) is 11.5 Å². The summed E-state index contributed by atoms with van der Waals surface area (Å²) in [5.41, 5.74) is 3.94. The van der Waals surface area contributed by atoms with Gasteiger partial charge >= 0.3 is 0 Å². The van der Waals surface area contributed by atoms with E-state index in [1.807, 2.05) is 13.0 Å². The van der Waals surface area contributed by atoms with E-state index in [-0.39, 0.29) is 0 Å². The highest BCUT2D eigenvalue weighted by Crippen LogP contribution is 2.34. The van der Waals surface area contributed by atoms with E-state index in [1.54, 1.807) is 7.11 Å². The lowest BCUT2D eigenvalue weighted by molar-refractivity contribution is 0.325. The van der Waals surface area contributed by atoms with E-state index >= 15 is 0 Å². The quantitative estimate of drug-likeness (QED) is 0.708. The maximum atomic E-state index is 5.53. The summed E-state index contributed by atoms with van der Waals surface area (Å²) in [7, 11) is 1.72. The number of hydrogen-bond donors (Lipinski definition) is 1. The molecule has 0 amide bonds. The van der Waals surface area contributed by atoms with Gasteiger partial charge in [-0.3, -0.25) is 4.90 Å². The van der Waals surface area contributed by atoms with Crippen molar-refractivity contribution in [2.75, 3.05) is 26.8 Å². The van der Waals surface area contributed by atoms with Crippen LogP contribution >= 0.6 is 0 Å². The van der Waals surface area contributed by atoms with Crippen LogP contribution in [0.4, 0.5) is 0 Å². The Balaban J connectivity index is 1.45. The first-order valence-corrected chi connectivity index (χ1v) is 9.36. The van der Waals surface area contributed by atoms with Gasteiger partial charge in [-0.1, -0.05) is 12.1 Å². The number of H-pyrrole nitrogens is 1. The van der Waals surface area contributed by atoms with Crippen molar-refractivity contribution in [1.29, 1.82) is 0 Å². The van der Waals surface area contributed by atoms with Crippen molar-refractivity contribution < 1.29 is 9.47 Å². The standard InChI is InChI=1S/C22H26N2O2/c1-3-26-18-6-4-16(5-7-18)14-24-11-10-17(15-24)21-13-23-22-9-8-19(25-2)12-20(21)22/h4-9,12-13,17,23H,3,10-11,14-15H2,1-2H3/t17-/m1/s1. The lowest BCUT2D eigenvalue weighted by Crippen LogP contribution is -2.19. The van der Waals surface area contributed by atoms with Gasteiger partial charge < -0.3 is 14.5 Å². The van der Waals surface area contributed by atoms with E-state index in [0.717, 1.165) is 31.1 Å². The van der Waals surface area contributed by atoms with E-state index in [0.29, 0.717) is 12.5 Å². The van der Waals surface area contributed by atoms with Crippen LogP contribution in [0, 0.1) is 0 Å². The average molecular weight is 350 g/mol. The third kappa shape index (κ3) is 3.42. The molecule has 3 aromatic rings. The molecule has 136 valence electrons. The Kier molecular flexibility index (Phi) is 4.85. The average Bonchev–Trinajstić information content (AvgIpc) is 3.29. The highest BCUT2D eigenvalue weighted by atomic mass is 16.5. The minimum Gasteiger partial charge on any atom is -0.497 e.